The number of alkyl carbamates (subject to hydrolysis) is 1. The number of rotatable bonds is 3. The number of pyridine rings is 1. The molecule has 0 spiro atoms. The van der Waals surface area contributed by atoms with E-state index in [9.17, 15) is 4.79 Å². The van der Waals surface area contributed by atoms with Crippen molar-refractivity contribution in [2.75, 3.05) is 24.5 Å². The minimum atomic E-state index is -0.446. The predicted octanol–water partition coefficient (Wildman–Crippen LogP) is 3.89. The lowest BCUT2D eigenvalue weighted by atomic mass is 9.96. The van der Waals surface area contributed by atoms with E-state index in [1.54, 1.807) is 0 Å². The van der Waals surface area contributed by atoms with Crippen molar-refractivity contribution in [1.29, 1.82) is 0 Å². The summed E-state index contributed by atoms with van der Waals surface area (Å²) < 4.78 is 6.28. The molecule has 0 unspecified atom stereocenters. The molecule has 1 aliphatic heterocycles. The zero-order chi connectivity index (χ0) is 17.0. The van der Waals surface area contributed by atoms with Crippen LogP contribution in [0.1, 0.15) is 39.2 Å². The zero-order valence-corrected chi connectivity index (χ0v) is 15.9. The number of ether oxygens (including phenoxy) is 1. The number of hydrogen-bond acceptors (Lipinski definition) is 4. The SMILES string of the molecule is Cc1cc(Br)cnc1N1CCC(CNC(=O)OC(C)(C)C)CC1. The molecule has 2 heterocycles. The van der Waals surface area contributed by atoms with Gasteiger partial charge in [-0.05, 0) is 74.0 Å². The van der Waals surface area contributed by atoms with Crippen molar-refractivity contribution < 1.29 is 9.53 Å². The molecule has 1 N–H and O–H groups in total. The number of amides is 1. The normalized spacial score (nSPS) is 16.3. The smallest absolute Gasteiger partial charge is 0.407 e. The fourth-order valence-corrected chi connectivity index (χ4v) is 3.20. The van der Waals surface area contributed by atoms with Gasteiger partial charge in [-0.25, -0.2) is 9.78 Å². The number of nitrogens with one attached hydrogen (secondary N) is 1. The van der Waals surface area contributed by atoms with Crippen LogP contribution in [0.2, 0.25) is 0 Å². The summed E-state index contributed by atoms with van der Waals surface area (Å²) in [6, 6.07) is 2.10. The third-order valence-corrected chi connectivity index (χ3v) is 4.30. The van der Waals surface area contributed by atoms with Gasteiger partial charge in [-0.15, -0.1) is 0 Å². The fraction of sp³-hybridized carbons (Fsp3) is 0.647. The Labute approximate surface area is 146 Å². The lowest BCUT2D eigenvalue weighted by Crippen LogP contribution is -2.40. The standard InChI is InChI=1S/C17H26BrN3O2/c1-12-9-14(18)11-19-15(12)21-7-5-13(6-8-21)10-20-16(22)23-17(2,3)4/h9,11,13H,5-8,10H2,1-4H3,(H,20,22). The van der Waals surface area contributed by atoms with Crippen molar-refractivity contribution in [2.45, 2.75) is 46.1 Å². The zero-order valence-electron chi connectivity index (χ0n) is 14.4. The molecular weight excluding hydrogens is 358 g/mol. The molecule has 128 valence electrons. The van der Waals surface area contributed by atoms with Gasteiger partial charge < -0.3 is 15.0 Å². The first-order valence-electron chi connectivity index (χ1n) is 8.08. The topological polar surface area (TPSA) is 54.5 Å². The number of nitrogens with zero attached hydrogens (tertiary/aromatic N) is 2. The van der Waals surface area contributed by atoms with Gasteiger partial charge in [0, 0.05) is 30.3 Å². The van der Waals surface area contributed by atoms with Gasteiger partial charge in [-0.3, -0.25) is 0 Å². The van der Waals surface area contributed by atoms with Crippen LogP contribution in [0, 0.1) is 12.8 Å². The van der Waals surface area contributed by atoms with E-state index in [1.165, 1.54) is 5.56 Å². The molecule has 1 aliphatic rings. The minimum absolute atomic E-state index is 0.328. The van der Waals surface area contributed by atoms with E-state index in [4.69, 9.17) is 4.74 Å². The molecule has 0 aromatic carbocycles. The quantitative estimate of drug-likeness (QED) is 0.859. The second-order valence-corrected chi connectivity index (χ2v) is 8.02. The molecule has 0 bridgehead atoms. The first-order valence-corrected chi connectivity index (χ1v) is 8.88. The van der Waals surface area contributed by atoms with Crippen LogP contribution in [0.3, 0.4) is 0 Å². The van der Waals surface area contributed by atoms with Crippen molar-refractivity contribution in [3.05, 3.63) is 22.3 Å². The Morgan fingerprint density at radius 2 is 2.09 bits per heavy atom. The molecule has 23 heavy (non-hydrogen) atoms. The van der Waals surface area contributed by atoms with E-state index in [0.29, 0.717) is 12.5 Å². The Balaban J connectivity index is 1.79. The molecular formula is C17H26BrN3O2. The molecule has 0 atom stereocenters. The van der Waals surface area contributed by atoms with E-state index in [-0.39, 0.29) is 6.09 Å². The summed E-state index contributed by atoms with van der Waals surface area (Å²) in [7, 11) is 0. The van der Waals surface area contributed by atoms with Crippen LogP contribution in [0.15, 0.2) is 16.7 Å². The molecule has 0 saturated carbocycles. The molecule has 1 aromatic rings. The molecule has 0 radical (unpaired) electrons. The van der Waals surface area contributed by atoms with E-state index in [1.807, 2.05) is 27.0 Å². The average molecular weight is 384 g/mol. The van der Waals surface area contributed by atoms with Crippen molar-refractivity contribution in [2.24, 2.45) is 5.92 Å². The minimum Gasteiger partial charge on any atom is -0.444 e. The van der Waals surface area contributed by atoms with Gasteiger partial charge in [0.25, 0.3) is 0 Å². The van der Waals surface area contributed by atoms with Crippen LogP contribution < -0.4 is 10.2 Å². The molecule has 6 heteroatoms. The van der Waals surface area contributed by atoms with E-state index in [2.05, 4.69) is 44.1 Å². The Bertz CT molecular complexity index is 549. The van der Waals surface area contributed by atoms with Crippen LogP contribution in [-0.2, 0) is 4.74 Å². The number of aryl methyl sites for hydroxylation is 1. The molecule has 1 fully saturated rings. The molecule has 5 nitrogen and oxygen atoms in total. The second-order valence-electron chi connectivity index (χ2n) is 7.11. The molecule has 0 aliphatic carbocycles. The Kier molecular flexibility index (Phi) is 5.89. The molecule has 1 saturated heterocycles. The first-order chi connectivity index (χ1) is 10.7. The fourth-order valence-electron chi connectivity index (χ4n) is 2.76. The summed E-state index contributed by atoms with van der Waals surface area (Å²) in [5.74, 6) is 1.56. The lowest BCUT2D eigenvalue weighted by Gasteiger charge is -2.33. The van der Waals surface area contributed by atoms with Gasteiger partial charge in [-0.1, -0.05) is 0 Å². The van der Waals surface area contributed by atoms with Crippen LogP contribution >= 0.6 is 15.9 Å². The number of carbonyl (C=O) groups is 1. The van der Waals surface area contributed by atoms with Crippen LogP contribution in [0.4, 0.5) is 10.6 Å². The highest BCUT2D eigenvalue weighted by Crippen LogP contribution is 2.25. The maximum absolute atomic E-state index is 11.7. The lowest BCUT2D eigenvalue weighted by molar-refractivity contribution is 0.0517. The number of halogens is 1. The number of piperidine rings is 1. The Morgan fingerprint density at radius 1 is 1.43 bits per heavy atom. The molecule has 2 rings (SSSR count). The van der Waals surface area contributed by atoms with Gasteiger partial charge in [0.15, 0.2) is 0 Å². The third-order valence-electron chi connectivity index (χ3n) is 3.87. The third kappa shape index (κ3) is 5.68. The highest BCUT2D eigenvalue weighted by atomic mass is 79.9. The van der Waals surface area contributed by atoms with Gasteiger partial charge in [0.1, 0.15) is 11.4 Å². The van der Waals surface area contributed by atoms with Crippen LogP contribution in [0.25, 0.3) is 0 Å². The summed E-state index contributed by atoms with van der Waals surface area (Å²) in [4.78, 5) is 18.6. The number of carbonyl (C=O) groups excluding carboxylic acids is 1. The average Bonchev–Trinajstić information content (AvgIpc) is 2.44. The van der Waals surface area contributed by atoms with Gasteiger partial charge in [0.05, 0.1) is 0 Å². The van der Waals surface area contributed by atoms with Crippen molar-refractivity contribution in [1.82, 2.24) is 10.3 Å². The molecule has 1 aromatic heterocycles. The largest absolute Gasteiger partial charge is 0.444 e. The van der Waals surface area contributed by atoms with E-state index in [0.717, 1.165) is 36.2 Å². The maximum atomic E-state index is 11.7. The van der Waals surface area contributed by atoms with Gasteiger partial charge in [0.2, 0.25) is 0 Å². The summed E-state index contributed by atoms with van der Waals surface area (Å²) in [5, 5.41) is 2.88. The predicted molar refractivity (Wildman–Crippen MR) is 95.8 cm³/mol. The van der Waals surface area contributed by atoms with Crippen molar-refractivity contribution in [3.8, 4) is 0 Å². The Morgan fingerprint density at radius 3 is 2.65 bits per heavy atom. The van der Waals surface area contributed by atoms with Gasteiger partial charge >= 0.3 is 6.09 Å². The number of hydrogen-bond donors (Lipinski definition) is 1. The summed E-state index contributed by atoms with van der Waals surface area (Å²) in [6.45, 7) is 10.3. The Hall–Kier alpha value is -1.30. The van der Waals surface area contributed by atoms with Crippen LogP contribution in [0.5, 0.6) is 0 Å². The van der Waals surface area contributed by atoms with Crippen molar-refractivity contribution >= 4 is 27.8 Å². The summed E-state index contributed by atoms with van der Waals surface area (Å²) in [6.07, 6.45) is 3.61. The van der Waals surface area contributed by atoms with Crippen molar-refractivity contribution in [3.63, 3.8) is 0 Å². The highest BCUT2D eigenvalue weighted by molar-refractivity contribution is 9.10. The summed E-state index contributed by atoms with van der Waals surface area (Å²) in [5.41, 5.74) is 0.739. The summed E-state index contributed by atoms with van der Waals surface area (Å²) >= 11 is 3.45. The number of anilines is 1. The second kappa shape index (κ2) is 7.51. The van der Waals surface area contributed by atoms with Gasteiger partial charge in [-0.2, -0.15) is 0 Å². The van der Waals surface area contributed by atoms with Crippen LogP contribution in [-0.4, -0.2) is 36.3 Å². The number of aromatic nitrogens is 1. The van der Waals surface area contributed by atoms with E-state index >= 15 is 0 Å². The highest BCUT2D eigenvalue weighted by Gasteiger charge is 2.23. The molecule has 1 amide bonds. The maximum Gasteiger partial charge on any atom is 0.407 e. The van der Waals surface area contributed by atoms with E-state index < -0.39 is 5.60 Å². The monoisotopic (exact) mass is 383 g/mol. The first kappa shape index (κ1) is 18.0.